The average Bonchev–Trinajstić information content (AvgIpc) is 2.10. The van der Waals surface area contributed by atoms with Crippen molar-refractivity contribution in [3.63, 3.8) is 0 Å². The van der Waals surface area contributed by atoms with Crippen molar-refractivity contribution >= 4 is 0 Å². The number of unbranched alkanes of at least 4 members (excludes halogenated alkanes) is 3. The highest BCUT2D eigenvalue weighted by Crippen LogP contribution is 2.00. The molecule has 0 fully saturated rings. The summed E-state index contributed by atoms with van der Waals surface area (Å²) in [4.78, 5) is 0. The standard InChI is InChI=1S/C12H22/c1-3-5-7-9-11-12-10-8-6-4-2/h5,7,11-12H,3-4,6,8-10H2,1-2H3/b7-5+,12-11+. The second kappa shape index (κ2) is 10.5. The lowest BCUT2D eigenvalue weighted by atomic mass is 10.2. The minimum atomic E-state index is 1.11. The molecule has 0 aliphatic heterocycles. The summed E-state index contributed by atoms with van der Waals surface area (Å²) in [6.07, 6.45) is 16.6. The van der Waals surface area contributed by atoms with E-state index in [9.17, 15) is 0 Å². The summed E-state index contributed by atoms with van der Waals surface area (Å²) >= 11 is 0. The topological polar surface area (TPSA) is 0 Å². The Balaban J connectivity index is 3.08. The molecule has 0 aliphatic rings. The lowest BCUT2D eigenvalue weighted by molar-refractivity contribution is 0.728. The van der Waals surface area contributed by atoms with E-state index in [1.165, 1.54) is 25.7 Å². The first-order valence-corrected chi connectivity index (χ1v) is 5.21. The number of rotatable bonds is 7. The quantitative estimate of drug-likeness (QED) is 0.386. The summed E-state index contributed by atoms with van der Waals surface area (Å²) in [5, 5.41) is 0. The molecule has 0 bridgehead atoms. The van der Waals surface area contributed by atoms with Gasteiger partial charge >= 0.3 is 0 Å². The van der Waals surface area contributed by atoms with Crippen molar-refractivity contribution in [1.82, 2.24) is 0 Å². The number of allylic oxidation sites excluding steroid dienone is 4. The van der Waals surface area contributed by atoms with E-state index in [1.54, 1.807) is 0 Å². The molecule has 0 spiro atoms. The van der Waals surface area contributed by atoms with Gasteiger partial charge in [-0.15, -0.1) is 0 Å². The molecule has 0 heterocycles. The van der Waals surface area contributed by atoms with Gasteiger partial charge in [0.25, 0.3) is 0 Å². The van der Waals surface area contributed by atoms with Gasteiger partial charge in [0, 0.05) is 0 Å². The van der Waals surface area contributed by atoms with Crippen molar-refractivity contribution in [2.24, 2.45) is 0 Å². The maximum Gasteiger partial charge on any atom is -0.0169 e. The van der Waals surface area contributed by atoms with Crippen LogP contribution in [0.1, 0.15) is 52.4 Å². The van der Waals surface area contributed by atoms with Crippen molar-refractivity contribution in [3.05, 3.63) is 24.3 Å². The molecule has 12 heavy (non-hydrogen) atoms. The number of hydrogen-bond acceptors (Lipinski definition) is 0. The third-order valence-corrected chi connectivity index (χ3v) is 1.82. The van der Waals surface area contributed by atoms with Crippen LogP contribution in [0.3, 0.4) is 0 Å². The molecule has 0 aromatic carbocycles. The second-order valence-electron chi connectivity index (χ2n) is 3.08. The second-order valence-corrected chi connectivity index (χ2v) is 3.08. The molecule has 0 N–H and O–H groups in total. The molecule has 0 rings (SSSR count). The SMILES string of the molecule is CC/C=C/C/C=C/CCCCC. The molecule has 0 saturated carbocycles. The van der Waals surface area contributed by atoms with E-state index in [-0.39, 0.29) is 0 Å². The van der Waals surface area contributed by atoms with Crippen molar-refractivity contribution in [3.8, 4) is 0 Å². The molecule has 0 amide bonds. The highest BCUT2D eigenvalue weighted by Gasteiger charge is 1.80. The third-order valence-electron chi connectivity index (χ3n) is 1.82. The van der Waals surface area contributed by atoms with Crippen LogP contribution < -0.4 is 0 Å². The Morgan fingerprint density at radius 2 is 1.58 bits per heavy atom. The van der Waals surface area contributed by atoms with Gasteiger partial charge in [-0.1, -0.05) is 51.0 Å². The van der Waals surface area contributed by atoms with Gasteiger partial charge in [0.15, 0.2) is 0 Å². The smallest absolute Gasteiger partial charge is 0.0169 e. The van der Waals surface area contributed by atoms with Crippen molar-refractivity contribution < 1.29 is 0 Å². The first-order chi connectivity index (χ1) is 5.91. The van der Waals surface area contributed by atoms with Gasteiger partial charge in [0.2, 0.25) is 0 Å². The predicted molar refractivity (Wildman–Crippen MR) is 57.3 cm³/mol. The van der Waals surface area contributed by atoms with Gasteiger partial charge in [-0.25, -0.2) is 0 Å². The normalized spacial score (nSPS) is 11.8. The van der Waals surface area contributed by atoms with Crippen LogP contribution in [0.25, 0.3) is 0 Å². The zero-order valence-corrected chi connectivity index (χ0v) is 8.55. The maximum atomic E-state index is 2.30. The first kappa shape index (κ1) is 11.5. The van der Waals surface area contributed by atoms with Crippen LogP contribution in [0.2, 0.25) is 0 Å². The Bertz CT molecular complexity index is 120. The highest BCUT2D eigenvalue weighted by atomic mass is 13.9. The lowest BCUT2D eigenvalue weighted by Crippen LogP contribution is -1.70. The van der Waals surface area contributed by atoms with E-state index in [4.69, 9.17) is 0 Å². The van der Waals surface area contributed by atoms with Crippen LogP contribution in [-0.4, -0.2) is 0 Å². The predicted octanol–water partition coefficient (Wildman–Crippen LogP) is 4.48. The highest BCUT2D eigenvalue weighted by molar-refractivity contribution is 4.92. The molecule has 0 unspecified atom stereocenters. The lowest BCUT2D eigenvalue weighted by Gasteiger charge is -1.90. The average molecular weight is 166 g/mol. The Hall–Kier alpha value is -0.520. The van der Waals surface area contributed by atoms with E-state index < -0.39 is 0 Å². The van der Waals surface area contributed by atoms with E-state index >= 15 is 0 Å². The van der Waals surface area contributed by atoms with Gasteiger partial charge in [-0.05, 0) is 25.7 Å². The fraction of sp³-hybridized carbons (Fsp3) is 0.667. The fourth-order valence-corrected chi connectivity index (χ4v) is 1.07. The summed E-state index contributed by atoms with van der Waals surface area (Å²) in [6, 6.07) is 0. The third kappa shape index (κ3) is 9.48. The van der Waals surface area contributed by atoms with Gasteiger partial charge in [-0.3, -0.25) is 0 Å². The van der Waals surface area contributed by atoms with Crippen molar-refractivity contribution in [2.75, 3.05) is 0 Å². The summed E-state index contributed by atoms with van der Waals surface area (Å²) in [6.45, 7) is 4.41. The van der Waals surface area contributed by atoms with E-state index in [2.05, 4.69) is 38.2 Å². The summed E-state index contributed by atoms with van der Waals surface area (Å²) in [5.74, 6) is 0. The molecular formula is C12H22. The molecule has 0 nitrogen and oxygen atoms in total. The van der Waals surface area contributed by atoms with Gasteiger partial charge in [0.1, 0.15) is 0 Å². The van der Waals surface area contributed by atoms with Crippen LogP contribution in [0.5, 0.6) is 0 Å². The molecular weight excluding hydrogens is 144 g/mol. The van der Waals surface area contributed by atoms with Crippen molar-refractivity contribution in [1.29, 1.82) is 0 Å². The minimum absolute atomic E-state index is 1.11. The minimum Gasteiger partial charge on any atom is -0.0885 e. The van der Waals surface area contributed by atoms with Gasteiger partial charge in [-0.2, -0.15) is 0 Å². The monoisotopic (exact) mass is 166 g/mol. The molecule has 0 radical (unpaired) electrons. The summed E-state index contributed by atoms with van der Waals surface area (Å²) in [5.41, 5.74) is 0. The number of hydrogen-bond donors (Lipinski definition) is 0. The zero-order chi connectivity index (χ0) is 9.07. The molecule has 0 saturated heterocycles. The Morgan fingerprint density at radius 3 is 2.25 bits per heavy atom. The molecule has 0 atom stereocenters. The van der Waals surface area contributed by atoms with Gasteiger partial charge in [0.05, 0.1) is 0 Å². The first-order valence-electron chi connectivity index (χ1n) is 5.21. The summed E-state index contributed by atoms with van der Waals surface area (Å²) in [7, 11) is 0. The fourth-order valence-electron chi connectivity index (χ4n) is 1.07. The zero-order valence-electron chi connectivity index (χ0n) is 8.55. The van der Waals surface area contributed by atoms with E-state index in [1.807, 2.05) is 0 Å². The van der Waals surface area contributed by atoms with Crippen LogP contribution in [0.15, 0.2) is 24.3 Å². The molecule has 0 heteroatoms. The van der Waals surface area contributed by atoms with Gasteiger partial charge < -0.3 is 0 Å². The molecule has 0 aromatic rings. The van der Waals surface area contributed by atoms with E-state index in [0.717, 1.165) is 12.8 Å². The Morgan fingerprint density at radius 1 is 0.833 bits per heavy atom. The summed E-state index contributed by atoms with van der Waals surface area (Å²) < 4.78 is 0. The largest absolute Gasteiger partial charge is 0.0885 e. The van der Waals surface area contributed by atoms with Crippen LogP contribution in [0.4, 0.5) is 0 Å². The Kier molecular flexibility index (Phi) is 10.0. The molecule has 0 aromatic heterocycles. The maximum absolute atomic E-state index is 2.30. The van der Waals surface area contributed by atoms with Crippen LogP contribution >= 0.6 is 0 Å². The van der Waals surface area contributed by atoms with Crippen molar-refractivity contribution in [2.45, 2.75) is 52.4 Å². The van der Waals surface area contributed by atoms with E-state index in [0.29, 0.717) is 0 Å². The molecule has 70 valence electrons. The molecule has 0 aliphatic carbocycles. The van der Waals surface area contributed by atoms with Crippen LogP contribution in [-0.2, 0) is 0 Å². The Labute approximate surface area is 77.4 Å². The van der Waals surface area contributed by atoms with Crippen LogP contribution in [0, 0.1) is 0 Å².